The lowest BCUT2D eigenvalue weighted by atomic mass is 10.0. The van der Waals surface area contributed by atoms with Crippen LogP contribution in [0.1, 0.15) is 19.1 Å². The molecule has 0 aromatic carbocycles. The van der Waals surface area contributed by atoms with Crippen LogP contribution in [0, 0.1) is 0 Å². The molecule has 1 fully saturated rings. The fraction of sp³-hybridized carbons (Fsp3) is 0.538. The molecule has 1 aliphatic rings. The molecular formula is C13H17ClN5O7P. The number of nitrogen functional groups attached to an aromatic ring is 1. The number of nitrogens with zero attached hydrogens (tertiary/aromatic N) is 4. The molecule has 3 rings (SSSR count). The van der Waals surface area contributed by atoms with Crippen molar-refractivity contribution in [1.29, 1.82) is 0 Å². The van der Waals surface area contributed by atoms with Gasteiger partial charge in [-0.3, -0.25) is 13.9 Å². The van der Waals surface area contributed by atoms with Crippen LogP contribution in [0.3, 0.4) is 0 Å². The zero-order valence-corrected chi connectivity index (χ0v) is 15.4. The summed E-state index contributed by atoms with van der Waals surface area (Å²) in [6, 6.07) is 0. The number of fused-ring (bicyclic) bond motifs is 1. The van der Waals surface area contributed by atoms with E-state index in [9.17, 15) is 19.6 Å². The molecule has 148 valence electrons. The number of nitrogens with two attached hydrogens (primary N) is 1. The summed E-state index contributed by atoms with van der Waals surface area (Å²) in [5.74, 6) is -0.631. The number of anilines is 1. The predicted molar refractivity (Wildman–Crippen MR) is 91.8 cm³/mol. The van der Waals surface area contributed by atoms with Gasteiger partial charge in [0, 0.05) is 6.42 Å². The Morgan fingerprint density at radius 3 is 2.70 bits per heavy atom. The number of carbonyl (C=O) groups excluding carboxylic acids is 1. The molecule has 2 aromatic rings. The zero-order valence-electron chi connectivity index (χ0n) is 13.7. The van der Waals surface area contributed by atoms with Crippen LogP contribution in [0.25, 0.3) is 11.2 Å². The number of hydrogen-bond donors (Lipinski definition) is 5. The molecule has 0 radical (unpaired) electrons. The van der Waals surface area contributed by atoms with E-state index in [0.717, 1.165) is 0 Å². The highest BCUT2D eigenvalue weighted by atomic mass is 35.5. The van der Waals surface area contributed by atoms with Crippen molar-refractivity contribution in [2.45, 2.75) is 37.4 Å². The quantitative estimate of drug-likeness (QED) is 0.289. The molecule has 1 unspecified atom stereocenters. The van der Waals surface area contributed by atoms with E-state index in [0.29, 0.717) is 0 Å². The number of rotatable bonds is 6. The molecule has 0 spiro atoms. The molecule has 6 N–H and O–H groups in total. The van der Waals surface area contributed by atoms with Gasteiger partial charge in [0.2, 0.25) is 5.28 Å². The van der Waals surface area contributed by atoms with Gasteiger partial charge < -0.3 is 30.5 Å². The topological polar surface area (TPSA) is 194 Å². The molecule has 4 atom stereocenters. The van der Waals surface area contributed by atoms with Crippen molar-refractivity contribution in [2.75, 3.05) is 11.9 Å². The zero-order chi connectivity index (χ0) is 19.9. The molecule has 1 aliphatic heterocycles. The van der Waals surface area contributed by atoms with E-state index in [1.807, 2.05) is 0 Å². The van der Waals surface area contributed by atoms with Crippen molar-refractivity contribution in [3.05, 3.63) is 11.6 Å². The highest BCUT2D eigenvalue weighted by molar-refractivity contribution is 7.52. The number of carbonyl (C=O) groups is 1. The normalized spacial score (nSPS) is 26.0. The number of imidazole rings is 1. The van der Waals surface area contributed by atoms with Crippen molar-refractivity contribution in [3.63, 3.8) is 0 Å². The van der Waals surface area contributed by atoms with Gasteiger partial charge in [-0.25, -0.2) is 4.98 Å². The van der Waals surface area contributed by atoms with Gasteiger partial charge in [-0.1, -0.05) is 0 Å². The second-order valence-electron chi connectivity index (χ2n) is 6.15. The molecule has 3 heterocycles. The van der Waals surface area contributed by atoms with Crippen LogP contribution in [0.15, 0.2) is 6.33 Å². The Kier molecular flexibility index (Phi) is 5.50. The molecule has 0 amide bonds. The van der Waals surface area contributed by atoms with Crippen molar-refractivity contribution >= 4 is 42.0 Å². The SMILES string of the molecule is Nc1nc(Cl)nc2c1ncn2[C@@H]1O[C@H](CCC(=O)CP(=O)(O)O)[C@H](O)C1O. The average Bonchev–Trinajstić information content (AvgIpc) is 3.07. The fourth-order valence-electron chi connectivity index (χ4n) is 2.91. The summed E-state index contributed by atoms with van der Waals surface area (Å²) >= 11 is 5.79. The Balaban J connectivity index is 1.76. The monoisotopic (exact) mass is 421 g/mol. The lowest BCUT2D eigenvalue weighted by Gasteiger charge is -2.16. The Hall–Kier alpha value is -1.66. The molecule has 0 saturated carbocycles. The van der Waals surface area contributed by atoms with Gasteiger partial charge in [0.15, 0.2) is 17.7 Å². The number of aliphatic hydroxyl groups excluding tert-OH is 2. The largest absolute Gasteiger partial charge is 0.388 e. The standard InChI is InChI=1S/C13H17ClN5O7P/c14-13-17-10(15)7-11(18-13)19(4-16-7)12-9(22)8(21)6(26-12)2-1-5(20)3-27(23,24)25/h4,6,8-9,12,21-22H,1-3H2,(H2,15,17,18)(H2,23,24,25)/t6-,8+,9?,12-/m1/s1. The number of aliphatic hydroxyl groups is 2. The molecule has 0 bridgehead atoms. The molecule has 1 saturated heterocycles. The maximum absolute atomic E-state index is 11.6. The van der Waals surface area contributed by atoms with Crippen molar-refractivity contribution in [3.8, 4) is 0 Å². The van der Waals surface area contributed by atoms with Crippen molar-refractivity contribution < 1.29 is 34.1 Å². The Bertz CT molecular complexity index is 918. The average molecular weight is 422 g/mol. The lowest BCUT2D eigenvalue weighted by molar-refractivity contribution is -0.118. The first-order valence-electron chi connectivity index (χ1n) is 7.80. The summed E-state index contributed by atoms with van der Waals surface area (Å²) in [6.07, 6.45) is -4.54. The maximum Gasteiger partial charge on any atom is 0.332 e. The minimum absolute atomic E-state index is 0.0297. The van der Waals surface area contributed by atoms with Crippen molar-refractivity contribution in [1.82, 2.24) is 19.5 Å². The third-order valence-corrected chi connectivity index (χ3v) is 5.06. The first-order valence-corrected chi connectivity index (χ1v) is 9.98. The van der Waals surface area contributed by atoms with Gasteiger partial charge >= 0.3 is 7.60 Å². The number of hydrogen-bond acceptors (Lipinski definition) is 9. The number of ether oxygens (including phenoxy) is 1. The second-order valence-corrected chi connectivity index (χ2v) is 8.13. The highest BCUT2D eigenvalue weighted by Gasteiger charge is 2.44. The Morgan fingerprint density at radius 1 is 1.33 bits per heavy atom. The van der Waals surface area contributed by atoms with Crippen LogP contribution >= 0.6 is 19.2 Å². The van der Waals surface area contributed by atoms with Crippen LogP contribution in [-0.2, 0) is 14.1 Å². The highest BCUT2D eigenvalue weighted by Crippen LogP contribution is 2.36. The first kappa shape index (κ1) is 20.1. The van der Waals surface area contributed by atoms with E-state index in [1.165, 1.54) is 10.9 Å². The van der Waals surface area contributed by atoms with Crippen LogP contribution in [0.4, 0.5) is 5.82 Å². The smallest absolute Gasteiger partial charge is 0.332 e. The van der Waals surface area contributed by atoms with Gasteiger partial charge in [-0.2, -0.15) is 9.97 Å². The summed E-state index contributed by atoms with van der Waals surface area (Å²) < 4.78 is 17.8. The van der Waals surface area contributed by atoms with Crippen LogP contribution in [0.2, 0.25) is 5.28 Å². The van der Waals surface area contributed by atoms with E-state index < -0.39 is 44.1 Å². The minimum Gasteiger partial charge on any atom is -0.388 e. The van der Waals surface area contributed by atoms with Crippen LogP contribution in [-0.4, -0.2) is 69.8 Å². The third kappa shape index (κ3) is 4.27. The number of ketones is 1. The van der Waals surface area contributed by atoms with Crippen LogP contribution in [0.5, 0.6) is 0 Å². The van der Waals surface area contributed by atoms with Crippen LogP contribution < -0.4 is 5.73 Å². The lowest BCUT2D eigenvalue weighted by Crippen LogP contribution is -2.31. The van der Waals surface area contributed by atoms with E-state index in [-0.39, 0.29) is 35.1 Å². The van der Waals surface area contributed by atoms with Crippen molar-refractivity contribution in [2.24, 2.45) is 0 Å². The minimum atomic E-state index is -4.45. The summed E-state index contributed by atoms with van der Waals surface area (Å²) in [5, 5.41) is 20.4. The third-order valence-electron chi connectivity index (χ3n) is 4.12. The molecule has 14 heteroatoms. The maximum atomic E-state index is 11.6. The van der Waals surface area contributed by atoms with Gasteiger partial charge in [-0.05, 0) is 18.0 Å². The molecular weight excluding hydrogens is 405 g/mol. The molecule has 0 aliphatic carbocycles. The summed E-state index contributed by atoms with van der Waals surface area (Å²) in [4.78, 5) is 41.1. The fourth-order valence-corrected chi connectivity index (χ4v) is 3.70. The molecule has 2 aromatic heterocycles. The van der Waals surface area contributed by atoms with E-state index >= 15 is 0 Å². The molecule has 12 nitrogen and oxygen atoms in total. The van der Waals surface area contributed by atoms with Gasteiger partial charge in [0.05, 0.1) is 12.4 Å². The van der Waals surface area contributed by atoms with E-state index in [2.05, 4.69) is 15.0 Å². The number of Topliss-reactive ketones (excluding diaryl/α,β-unsaturated/α-hetero) is 1. The summed E-state index contributed by atoms with van der Waals surface area (Å²) in [5.41, 5.74) is 6.16. The number of halogens is 1. The summed E-state index contributed by atoms with van der Waals surface area (Å²) in [7, 11) is -4.45. The Labute approximate surface area is 157 Å². The second kappa shape index (κ2) is 7.40. The first-order chi connectivity index (χ1) is 12.6. The van der Waals surface area contributed by atoms with E-state index in [4.69, 9.17) is 31.9 Å². The Morgan fingerprint density at radius 2 is 2.04 bits per heavy atom. The van der Waals surface area contributed by atoms with Gasteiger partial charge in [-0.15, -0.1) is 0 Å². The summed E-state index contributed by atoms with van der Waals surface area (Å²) in [6.45, 7) is 0. The van der Waals surface area contributed by atoms with Gasteiger partial charge in [0.25, 0.3) is 0 Å². The molecule has 27 heavy (non-hydrogen) atoms. The van der Waals surface area contributed by atoms with E-state index in [1.54, 1.807) is 0 Å². The predicted octanol–water partition coefficient (Wildman–Crippen LogP) is -0.792. The van der Waals surface area contributed by atoms with Gasteiger partial charge in [0.1, 0.15) is 29.7 Å². The number of aromatic nitrogens is 4.